The van der Waals surface area contributed by atoms with Gasteiger partial charge in [-0.05, 0) is 25.3 Å². The lowest BCUT2D eigenvalue weighted by Gasteiger charge is -2.11. The van der Waals surface area contributed by atoms with Crippen LogP contribution >= 0.6 is 0 Å². The van der Waals surface area contributed by atoms with Crippen molar-refractivity contribution in [1.29, 1.82) is 5.26 Å². The molecule has 1 atom stereocenters. The fourth-order valence-corrected chi connectivity index (χ4v) is 1.44. The molecule has 0 saturated carbocycles. The number of hydrogen-bond donors (Lipinski definition) is 2. The summed E-state index contributed by atoms with van der Waals surface area (Å²) in [5.74, 6) is -0.176. The summed E-state index contributed by atoms with van der Waals surface area (Å²) < 4.78 is 0. The average molecular weight is 248 g/mol. The van der Waals surface area contributed by atoms with Gasteiger partial charge in [-0.3, -0.25) is 4.79 Å². The van der Waals surface area contributed by atoms with Crippen molar-refractivity contribution >= 4 is 11.9 Å². The number of nitrogens with zero attached hydrogens (tertiary/aromatic N) is 3. The summed E-state index contributed by atoms with van der Waals surface area (Å²) in [6.07, 6.45) is 0.750. The zero-order valence-electron chi connectivity index (χ0n) is 10.5. The third kappa shape index (κ3) is 4.78. The first-order chi connectivity index (χ1) is 8.51. The van der Waals surface area contributed by atoms with Gasteiger partial charge in [0.2, 0.25) is 5.95 Å². The predicted molar refractivity (Wildman–Crippen MR) is 66.0 cm³/mol. The third-order valence-corrected chi connectivity index (χ3v) is 2.43. The lowest BCUT2D eigenvalue weighted by molar-refractivity contribution is -0.137. The minimum Gasteiger partial charge on any atom is -0.481 e. The zero-order valence-corrected chi connectivity index (χ0v) is 10.5. The van der Waals surface area contributed by atoms with Gasteiger partial charge in [-0.25, -0.2) is 9.97 Å². The maximum Gasteiger partial charge on any atom is 0.303 e. The molecule has 1 aromatic heterocycles. The standard InChI is InChI=1S/C12H16N4O2/c1-8(3-4-11(17)18)7-14-12-15-9(2)5-10(6-13)16-12/h5,8H,3-4,7H2,1-2H3,(H,17,18)(H,14,15,16). The number of carbonyl (C=O) groups is 1. The maximum absolute atomic E-state index is 10.4. The second-order valence-electron chi connectivity index (χ2n) is 4.25. The molecule has 0 bridgehead atoms. The number of anilines is 1. The van der Waals surface area contributed by atoms with Gasteiger partial charge in [0.15, 0.2) is 0 Å². The summed E-state index contributed by atoms with van der Waals surface area (Å²) in [6, 6.07) is 3.58. The fourth-order valence-electron chi connectivity index (χ4n) is 1.44. The van der Waals surface area contributed by atoms with Crippen LogP contribution in [0.4, 0.5) is 5.95 Å². The molecule has 0 radical (unpaired) electrons. The van der Waals surface area contributed by atoms with Gasteiger partial charge in [-0.15, -0.1) is 0 Å². The minimum atomic E-state index is -0.791. The van der Waals surface area contributed by atoms with Crippen molar-refractivity contribution in [3.05, 3.63) is 17.5 Å². The summed E-state index contributed by atoms with van der Waals surface area (Å²) >= 11 is 0. The average Bonchev–Trinajstić information content (AvgIpc) is 2.33. The molecular formula is C12H16N4O2. The van der Waals surface area contributed by atoms with Crippen LogP contribution in [0.2, 0.25) is 0 Å². The normalized spacial score (nSPS) is 11.6. The number of hydrogen-bond acceptors (Lipinski definition) is 5. The number of aryl methyl sites for hydroxylation is 1. The van der Waals surface area contributed by atoms with Gasteiger partial charge in [-0.1, -0.05) is 6.92 Å². The van der Waals surface area contributed by atoms with Gasteiger partial charge in [-0.2, -0.15) is 5.26 Å². The van der Waals surface area contributed by atoms with Crippen molar-refractivity contribution in [2.45, 2.75) is 26.7 Å². The highest BCUT2D eigenvalue weighted by molar-refractivity contribution is 5.66. The highest BCUT2D eigenvalue weighted by Gasteiger charge is 2.07. The van der Waals surface area contributed by atoms with Crippen LogP contribution in [0, 0.1) is 24.2 Å². The van der Waals surface area contributed by atoms with E-state index in [4.69, 9.17) is 10.4 Å². The Labute approximate surface area is 106 Å². The Morgan fingerprint density at radius 2 is 2.33 bits per heavy atom. The van der Waals surface area contributed by atoms with Crippen LogP contribution < -0.4 is 5.32 Å². The van der Waals surface area contributed by atoms with E-state index in [1.807, 2.05) is 13.0 Å². The summed E-state index contributed by atoms with van der Waals surface area (Å²) in [5, 5.41) is 20.4. The number of carboxylic acids is 1. The van der Waals surface area contributed by atoms with Crippen molar-refractivity contribution < 1.29 is 9.90 Å². The molecule has 0 saturated heterocycles. The Kier molecular flexibility index (Phi) is 5.06. The molecule has 0 amide bonds. The van der Waals surface area contributed by atoms with Gasteiger partial charge >= 0.3 is 5.97 Å². The van der Waals surface area contributed by atoms with E-state index in [9.17, 15) is 4.79 Å². The number of aliphatic carboxylic acids is 1. The molecule has 0 aromatic carbocycles. The van der Waals surface area contributed by atoms with Crippen molar-refractivity contribution in [1.82, 2.24) is 9.97 Å². The molecule has 18 heavy (non-hydrogen) atoms. The van der Waals surface area contributed by atoms with Gasteiger partial charge in [0.05, 0.1) is 0 Å². The lowest BCUT2D eigenvalue weighted by atomic mass is 10.1. The minimum absolute atomic E-state index is 0.154. The molecular weight excluding hydrogens is 232 g/mol. The molecule has 6 heteroatoms. The quantitative estimate of drug-likeness (QED) is 0.792. The number of aromatic nitrogens is 2. The third-order valence-electron chi connectivity index (χ3n) is 2.43. The predicted octanol–water partition coefficient (Wildman–Crippen LogP) is 1.57. The topological polar surface area (TPSA) is 98.9 Å². The SMILES string of the molecule is Cc1cc(C#N)nc(NCC(C)CCC(=O)O)n1. The molecule has 0 aliphatic rings. The molecule has 96 valence electrons. The highest BCUT2D eigenvalue weighted by atomic mass is 16.4. The van der Waals surface area contributed by atoms with Crippen molar-refractivity contribution in [2.75, 3.05) is 11.9 Å². The molecule has 2 N–H and O–H groups in total. The molecule has 1 aromatic rings. The molecule has 0 aliphatic heterocycles. The zero-order chi connectivity index (χ0) is 13.5. The first-order valence-electron chi connectivity index (χ1n) is 5.72. The van der Waals surface area contributed by atoms with E-state index in [-0.39, 0.29) is 12.3 Å². The van der Waals surface area contributed by atoms with Crippen LogP contribution in [-0.2, 0) is 4.79 Å². The molecule has 0 aliphatic carbocycles. The lowest BCUT2D eigenvalue weighted by Crippen LogP contribution is -2.15. The summed E-state index contributed by atoms with van der Waals surface area (Å²) in [6.45, 7) is 4.33. The molecule has 1 heterocycles. The van der Waals surface area contributed by atoms with Gasteiger partial charge in [0.25, 0.3) is 0 Å². The molecule has 0 fully saturated rings. The van der Waals surface area contributed by atoms with Crippen LogP contribution in [0.3, 0.4) is 0 Å². The van der Waals surface area contributed by atoms with E-state index in [1.54, 1.807) is 13.0 Å². The van der Waals surface area contributed by atoms with E-state index < -0.39 is 5.97 Å². The molecule has 1 unspecified atom stereocenters. The highest BCUT2D eigenvalue weighted by Crippen LogP contribution is 2.08. The van der Waals surface area contributed by atoms with E-state index in [0.717, 1.165) is 5.69 Å². The van der Waals surface area contributed by atoms with Crippen LogP contribution in [0.25, 0.3) is 0 Å². The fraction of sp³-hybridized carbons (Fsp3) is 0.500. The Morgan fingerprint density at radius 1 is 1.61 bits per heavy atom. The van der Waals surface area contributed by atoms with Gasteiger partial charge < -0.3 is 10.4 Å². The largest absolute Gasteiger partial charge is 0.481 e. The second kappa shape index (κ2) is 6.55. The smallest absolute Gasteiger partial charge is 0.303 e. The van der Waals surface area contributed by atoms with Crippen LogP contribution in [0.1, 0.15) is 31.2 Å². The van der Waals surface area contributed by atoms with Crippen molar-refractivity contribution in [2.24, 2.45) is 5.92 Å². The Bertz CT molecular complexity index is 468. The van der Waals surface area contributed by atoms with Crippen LogP contribution in [-0.4, -0.2) is 27.6 Å². The van der Waals surface area contributed by atoms with E-state index in [2.05, 4.69) is 15.3 Å². The number of nitriles is 1. The van der Waals surface area contributed by atoms with Crippen LogP contribution in [0.5, 0.6) is 0 Å². The van der Waals surface area contributed by atoms with Gasteiger partial charge in [0, 0.05) is 18.7 Å². The van der Waals surface area contributed by atoms with E-state index in [0.29, 0.717) is 24.6 Å². The summed E-state index contributed by atoms with van der Waals surface area (Å²) in [7, 11) is 0. The van der Waals surface area contributed by atoms with Crippen molar-refractivity contribution in [3.8, 4) is 6.07 Å². The molecule has 6 nitrogen and oxygen atoms in total. The first kappa shape index (κ1) is 13.9. The van der Waals surface area contributed by atoms with E-state index >= 15 is 0 Å². The summed E-state index contributed by atoms with van der Waals surface area (Å²) in [4.78, 5) is 18.6. The van der Waals surface area contributed by atoms with Crippen LogP contribution in [0.15, 0.2) is 6.07 Å². The van der Waals surface area contributed by atoms with Crippen molar-refractivity contribution in [3.63, 3.8) is 0 Å². The molecule has 1 rings (SSSR count). The second-order valence-corrected chi connectivity index (χ2v) is 4.25. The Balaban J connectivity index is 2.50. The number of carboxylic acid groups (broad SMARTS) is 1. The summed E-state index contributed by atoms with van der Waals surface area (Å²) in [5.41, 5.74) is 1.05. The monoisotopic (exact) mass is 248 g/mol. The Morgan fingerprint density at radius 3 is 2.94 bits per heavy atom. The maximum atomic E-state index is 10.4. The number of rotatable bonds is 6. The first-order valence-corrected chi connectivity index (χ1v) is 5.72. The molecule has 0 spiro atoms. The van der Waals surface area contributed by atoms with Gasteiger partial charge in [0.1, 0.15) is 11.8 Å². The Hall–Kier alpha value is -2.16. The number of nitrogens with one attached hydrogen (secondary N) is 1. The van der Waals surface area contributed by atoms with E-state index in [1.165, 1.54) is 0 Å².